The molecule has 1 aromatic heterocycles. The number of hydrogen-bond acceptors (Lipinski definition) is 4. The predicted molar refractivity (Wildman–Crippen MR) is 56.4 cm³/mol. The quantitative estimate of drug-likeness (QED) is 0.713. The molecular formula is C10H18N4O. The van der Waals surface area contributed by atoms with Crippen LogP contribution in [0.2, 0.25) is 0 Å². The zero-order valence-corrected chi connectivity index (χ0v) is 9.11. The lowest BCUT2D eigenvalue weighted by Crippen LogP contribution is -2.32. The molecule has 5 heteroatoms. The summed E-state index contributed by atoms with van der Waals surface area (Å²) in [6.45, 7) is 1.89. The van der Waals surface area contributed by atoms with Gasteiger partial charge in [0, 0.05) is 19.7 Å². The molecule has 2 rings (SSSR count). The van der Waals surface area contributed by atoms with Crippen LogP contribution in [0.4, 0.5) is 0 Å². The van der Waals surface area contributed by atoms with E-state index in [1.165, 1.54) is 0 Å². The van der Waals surface area contributed by atoms with Gasteiger partial charge in [0.25, 0.3) is 0 Å². The normalized spacial score (nSPS) is 27.6. The molecule has 0 radical (unpaired) electrons. The van der Waals surface area contributed by atoms with Crippen LogP contribution in [0.1, 0.15) is 25.0 Å². The predicted octanol–water partition coefficient (Wildman–Crippen LogP) is -0.138. The maximum absolute atomic E-state index is 10.4. The Morgan fingerprint density at radius 1 is 1.53 bits per heavy atom. The molecule has 0 aliphatic carbocycles. The maximum atomic E-state index is 10.4. The third-order valence-corrected chi connectivity index (χ3v) is 2.92. The highest BCUT2D eigenvalue weighted by molar-refractivity contribution is 5.00. The summed E-state index contributed by atoms with van der Waals surface area (Å²) in [5.74, 6) is 0. The first-order chi connectivity index (χ1) is 7.18. The molecule has 1 aliphatic rings. The van der Waals surface area contributed by atoms with Gasteiger partial charge in [-0.1, -0.05) is 5.21 Å². The third-order valence-electron chi connectivity index (χ3n) is 2.92. The SMILES string of the molecule is Cn1cc(CC2(O)CCCNCC2)nn1. The first-order valence-corrected chi connectivity index (χ1v) is 5.46. The topological polar surface area (TPSA) is 63.0 Å². The Morgan fingerprint density at radius 3 is 3.13 bits per heavy atom. The summed E-state index contributed by atoms with van der Waals surface area (Å²) in [5.41, 5.74) is 0.279. The van der Waals surface area contributed by atoms with Crippen molar-refractivity contribution < 1.29 is 5.11 Å². The highest BCUT2D eigenvalue weighted by Crippen LogP contribution is 2.23. The number of rotatable bonds is 2. The summed E-state index contributed by atoms with van der Waals surface area (Å²) in [7, 11) is 1.84. The molecule has 15 heavy (non-hydrogen) atoms. The van der Waals surface area contributed by atoms with Crippen LogP contribution in [-0.2, 0) is 13.5 Å². The van der Waals surface area contributed by atoms with Gasteiger partial charge in [-0.25, -0.2) is 0 Å². The van der Waals surface area contributed by atoms with Crippen molar-refractivity contribution in [3.63, 3.8) is 0 Å². The molecule has 1 unspecified atom stereocenters. The van der Waals surface area contributed by atoms with Crippen molar-refractivity contribution in [2.75, 3.05) is 13.1 Å². The van der Waals surface area contributed by atoms with E-state index in [4.69, 9.17) is 0 Å². The van der Waals surface area contributed by atoms with Gasteiger partial charge in [0.15, 0.2) is 0 Å². The molecule has 84 valence electrons. The molecule has 2 heterocycles. The van der Waals surface area contributed by atoms with Gasteiger partial charge >= 0.3 is 0 Å². The highest BCUT2D eigenvalue weighted by atomic mass is 16.3. The fraction of sp³-hybridized carbons (Fsp3) is 0.800. The van der Waals surface area contributed by atoms with Crippen molar-refractivity contribution >= 4 is 0 Å². The van der Waals surface area contributed by atoms with Gasteiger partial charge in [0.2, 0.25) is 0 Å². The lowest BCUT2D eigenvalue weighted by Gasteiger charge is -2.24. The van der Waals surface area contributed by atoms with E-state index >= 15 is 0 Å². The Hall–Kier alpha value is -0.940. The van der Waals surface area contributed by atoms with Crippen LogP contribution in [0.5, 0.6) is 0 Å². The minimum Gasteiger partial charge on any atom is -0.389 e. The van der Waals surface area contributed by atoms with Crippen molar-refractivity contribution in [2.45, 2.75) is 31.3 Å². The van der Waals surface area contributed by atoms with Gasteiger partial charge in [0.1, 0.15) is 0 Å². The van der Waals surface area contributed by atoms with Crippen LogP contribution in [0.25, 0.3) is 0 Å². The van der Waals surface area contributed by atoms with Crippen molar-refractivity contribution in [3.8, 4) is 0 Å². The highest BCUT2D eigenvalue weighted by Gasteiger charge is 2.29. The summed E-state index contributed by atoms with van der Waals surface area (Å²) < 4.78 is 1.67. The largest absolute Gasteiger partial charge is 0.389 e. The molecule has 0 bridgehead atoms. The minimum absolute atomic E-state index is 0.598. The molecule has 1 fully saturated rings. The molecule has 5 nitrogen and oxygen atoms in total. The number of aromatic nitrogens is 3. The van der Waals surface area contributed by atoms with Crippen LogP contribution in [0.15, 0.2) is 6.20 Å². The molecule has 1 aliphatic heterocycles. The molecule has 0 spiro atoms. The lowest BCUT2D eigenvalue weighted by molar-refractivity contribution is 0.0275. The van der Waals surface area contributed by atoms with E-state index in [0.29, 0.717) is 6.42 Å². The Morgan fingerprint density at radius 2 is 2.40 bits per heavy atom. The Bertz CT molecular complexity index is 315. The molecular weight excluding hydrogens is 192 g/mol. The van der Waals surface area contributed by atoms with E-state index in [9.17, 15) is 5.11 Å². The average Bonchev–Trinajstić information content (AvgIpc) is 2.46. The molecule has 2 N–H and O–H groups in total. The monoisotopic (exact) mass is 210 g/mol. The zero-order valence-electron chi connectivity index (χ0n) is 9.11. The third kappa shape index (κ3) is 2.76. The van der Waals surface area contributed by atoms with Gasteiger partial charge in [-0.05, 0) is 32.4 Å². The van der Waals surface area contributed by atoms with Gasteiger partial charge in [-0.3, -0.25) is 4.68 Å². The van der Waals surface area contributed by atoms with Crippen molar-refractivity contribution in [2.24, 2.45) is 7.05 Å². The maximum Gasteiger partial charge on any atom is 0.0855 e. The van der Waals surface area contributed by atoms with E-state index in [2.05, 4.69) is 15.6 Å². The fourth-order valence-electron chi connectivity index (χ4n) is 2.10. The number of aryl methyl sites for hydroxylation is 1. The van der Waals surface area contributed by atoms with Crippen LogP contribution in [0.3, 0.4) is 0 Å². The van der Waals surface area contributed by atoms with Crippen molar-refractivity contribution in [1.82, 2.24) is 20.3 Å². The average molecular weight is 210 g/mol. The molecule has 1 saturated heterocycles. The number of aliphatic hydroxyl groups is 1. The van der Waals surface area contributed by atoms with E-state index < -0.39 is 5.60 Å². The van der Waals surface area contributed by atoms with Crippen LogP contribution >= 0.6 is 0 Å². The van der Waals surface area contributed by atoms with Gasteiger partial charge < -0.3 is 10.4 Å². The van der Waals surface area contributed by atoms with Crippen molar-refractivity contribution in [1.29, 1.82) is 0 Å². The summed E-state index contributed by atoms with van der Waals surface area (Å²) in [6.07, 6.45) is 5.15. The smallest absolute Gasteiger partial charge is 0.0855 e. The Balaban J connectivity index is 2.02. The summed E-state index contributed by atoms with van der Waals surface area (Å²) in [4.78, 5) is 0. The van der Waals surface area contributed by atoms with Gasteiger partial charge in [-0.15, -0.1) is 5.10 Å². The molecule has 1 atom stereocenters. The van der Waals surface area contributed by atoms with E-state index in [1.54, 1.807) is 4.68 Å². The molecule has 0 aromatic carbocycles. The zero-order chi connectivity index (χ0) is 10.7. The van der Waals surface area contributed by atoms with Crippen LogP contribution in [0, 0.1) is 0 Å². The first kappa shape index (κ1) is 10.6. The minimum atomic E-state index is -0.598. The number of nitrogens with zero attached hydrogens (tertiary/aromatic N) is 3. The first-order valence-electron chi connectivity index (χ1n) is 5.46. The van der Waals surface area contributed by atoms with Crippen molar-refractivity contribution in [3.05, 3.63) is 11.9 Å². The Labute approximate surface area is 89.5 Å². The van der Waals surface area contributed by atoms with E-state index in [1.807, 2.05) is 13.2 Å². The van der Waals surface area contributed by atoms with Crippen LogP contribution < -0.4 is 5.32 Å². The second-order valence-corrected chi connectivity index (χ2v) is 4.39. The molecule has 0 amide bonds. The number of hydrogen-bond donors (Lipinski definition) is 2. The summed E-state index contributed by atoms with van der Waals surface area (Å²) in [5, 5.41) is 21.6. The summed E-state index contributed by atoms with van der Waals surface area (Å²) >= 11 is 0. The molecule has 0 saturated carbocycles. The fourth-order valence-corrected chi connectivity index (χ4v) is 2.10. The standard InChI is InChI=1S/C10H18N4O/c1-14-8-9(12-13-14)7-10(15)3-2-5-11-6-4-10/h8,11,15H,2-7H2,1H3. The number of nitrogens with one attached hydrogen (secondary N) is 1. The second kappa shape index (κ2) is 4.28. The lowest BCUT2D eigenvalue weighted by atomic mass is 9.90. The molecule has 1 aromatic rings. The van der Waals surface area contributed by atoms with E-state index in [-0.39, 0.29) is 0 Å². The van der Waals surface area contributed by atoms with Gasteiger partial charge in [0.05, 0.1) is 11.3 Å². The van der Waals surface area contributed by atoms with Crippen LogP contribution in [-0.4, -0.2) is 38.8 Å². The second-order valence-electron chi connectivity index (χ2n) is 4.39. The van der Waals surface area contributed by atoms with E-state index in [0.717, 1.165) is 38.0 Å². The Kier molecular flexibility index (Phi) is 3.02. The van der Waals surface area contributed by atoms with Gasteiger partial charge in [-0.2, -0.15) is 0 Å². The summed E-state index contributed by atoms with van der Waals surface area (Å²) in [6, 6.07) is 0.